The van der Waals surface area contributed by atoms with E-state index in [2.05, 4.69) is 0 Å². The number of nitrogens with zero attached hydrogens (tertiary/aromatic N) is 1. The first kappa shape index (κ1) is 18.4. The third kappa shape index (κ3) is 3.86. The average Bonchev–Trinajstić information content (AvgIpc) is 3.15. The van der Waals surface area contributed by atoms with Gasteiger partial charge in [-0.1, -0.05) is 60.2 Å². The zero-order valence-electron chi connectivity index (χ0n) is 15.5. The standard InChI is InChI=1S/C22H25NO3S/c1-17-10-14-20(15-11-17)27(24,25)23-16-19(26-22-9-5-8-21(22)23)13-12-18-6-3-2-4-7-18/h2-4,6-7,10-15,19,21-22H,5,8-9,16H2,1H3/b13-12+/t19-,21-,22+/m0/s1. The lowest BCUT2D eigenvalue weighted by Crippen LogP contribution is -2.54. The molecule has 3 atom stereocenters. The van der Waals surface area contributed by atoms with Crippen molar-refractivity contribution in [2.45, 2.75) is 49.3 Å². The summed E-state index contributed by atoms with van der Waals surface area (Å²) in [5.74, 6) is 0. The van der Waals surface area contributed by atoms with Crippen molar-refractivity contribution in [3.05, 3.63) is 71.8 Å². The van der Waals surface area contributed by atoms with Crippen LogP contribution in [-0.2, 0) is 14.8 Å². The summed E-state index contributed by atoms with van der Waals surface area (Å²) in [7, 11) is -3.53. The third-order valence-corrected chi connectivity index (χ3v) is 7.33. The Morgan fingerprint density at radius 1 is 1.04 bits per heavy atom. The predicted octanol–water partition coefficient (Wildman–Crippen LogP) is 4.02. The van der Waals surface area contributed by atoms with Crippen LogP contribution < -0.4 is 0 Å². The molecule has 2 fully saturated rings. The van der Waals surface area contributed by atoms with Crippen LogP contribution >= 0.6 is 0 Å². The first-order chi connectivity index (χ1) is 13.0. The fraction of sp³-hybridized carbons (Fsp3) is 0.364. The molecule has 5 heteroatoms. The van der Waals surface area contributed by atoms with Crippen molar-refractivity contribution in [1.82, 2.24) is 4.31 Å². The number of morpholine rings is 1. The molecule has 142 valence electrons. The van der Waals surface area contributed by atoms with E-state index in [9.17, 15) is 8.42 Å². The SMILES string of the molecule is Cc1ccc(S(=O)(=O)N2C[C@H](/C=C/c3ccccc3)O[C@@H]3CCC[C@@H]32)cc1. The number of ether oxygens (including phenoxy) is 1. The van der Waals surface area contributed by atoms with Gasteiger partial charge >= 0.3 is 0 Å². The van der Waals surface area contributed by atoms with Gasteiger partial charge in [0, 0.05) is 6.54 Å². The Bertz CT molecular complexity index is 906. The van der Waals surface area contributed by atoms with Crippen molar-refractivity contribution >= 4 is 16.1 Å². The van der Waals surface area contributed by atoms with Gasteiger partial charge in [0.15, 0.2) is 0 Å². The van der Waals surface area contributed by atoms with Gasteiger partial charge in [-0.2, -0.15) is 4.31 Å². The smallest absolute Gasteiger partial charge is 0.243 e. The van der Waals surface area contributed by atoms with Crippen LogP contribution in [0.1, 0.15) is 30.4 Å². The van der Waals surface area contributed by atoms with Crippen LogP contribution in [0.4, 0.5) is 0 Å². The third-order valence-electron chi connectivity index (χ3n) is 5.43. The highest BCUT2D eigenvalue weighted by atomic mass is 32.2. The summed E-state index contributed by atoms with van der Waals surface area (Å²) in [5.41, 5.74) is 2.14. The highest BCUT2D eigenvalue weighted by Crippen LogP contribution is 2.35. The Balaban J connectivity index is 1.60. The number of benzene rings is 2. The number of aryl methyl sites for hydroxylation is 1. The molecule has 0 aromatic heterocycles. The zero-order valence-corrected chi connectivity index (χ0v) is 16.3. The van der Waals surface area contributed by atoms with Crippen LogP contribution in [0, 0.1) is 6.92 Å². The van der Waals surface area contributed by atoms with E-state index >= 15 is 0 Å². The summed E-state index contributed by atoms with van der Waals surface area (Å²) in [4.78, 5) is 0.367. The molecule has 0 bridgehead atoms. The normalized spacial score (nSPS) is 26.3. The Hall–Kier alpha value is -1.95. The summed E-state index contributed by atoms with van der Waals surface area (Å²) in [6, 6.07) is 17.1. The maximum atomic E-state index is 13.3. The van der Waals surface area contributed by atoms with Crippen molar-refractivity contribution in [1.29, 1.82) is 0 Å². The number of hydrogen-bond acceptors (Lipinski definition) is 3. The first-order valence-corrected chi connectivity index (χ1v) is 11.0. The summed E-state index contributed by atoms with van der Waals surface area (Å²) in [6.45, 7) is 2.32. The lowest BCUT2D eigenvalue weighted by molar-refractivity contribution is -0.0597. The second-order valence-corrected chi connectivity index (χ2v) is 9.26. The van der Waals surface area contributed by atoms with Crippen molar-refractivity contribution in [3.63, 3.8) is 0 Å². The van der Waals surface area contributed by atoms with Crippen molar-refractivity contribution in [2.75, 3.05) is 6.54 Å². The molecule has 1 saturated carbocycles. The zero-order chi connectivity index (χ0) is 18.9. The molecule has 2 aliphatic rings. The molecule has 0 spiro atoms. The topological polar surface area (TPSA) is 46.6 Å². The molecule has 0 unspecified atom stereocenters. The second-order valence-electron chi connectivity index (χ2n) is 7.37. The van der Waals surface area contributed by atoms with E-state index in [1.165, 1.54) is 0 Å². The van der Waals surface area contributed by atoms with Gasteiger partial charge in [-0.3, -0.25) is 0 Å². The molecule has 0 radical (unpaired) electrons. The summed E-state index contributed by atoms with van der Waals surface area (Å²) in [5, 5.41) is 0. The molecule has 4 nitrogen and oxygen atoms in total. The number of fused-ring (bicyclic) bond motifs is 1. The van der Waals surface area contributed by atoms with Crippen LogP contribution in [0.15, 0.2) is 65.6 Å². The Kier molecular flexibility index (Phi) is 5.17. The van der Waals surface area contributed by atoms with Gasteiger partial charge in [0.2, 0.25) is 10.0 Å². The largest absolute Gasteiger partial charge is 0.368 e. The molecular formula is C22H25NO3S. The maximum absolute atomic E-state index is 13.3. The molecule has 2 aromatic rings. The lowest BCUT2D eigenvalue weighted by atomic mass is 10.1. The van der Waals surface area contributed by atoms with E-state index in [0.717, 1.165) is 30.4 Å². The summed E-state index contributed by atoms with van der Waals surface area (Å²) < 4.78 is 34.5. The molecule has 0 amide bonds. The van der Waals surface area contributed by atoms with Gasteiger partial charge < -0.3 is 4.74 Å². The molecule has 2 aromatic carbocycles. The second kappa shape index (κ2) is 7.58. The number of rotatable bonds is 4. The number of hydrogen-bond donors (Lipinski definition) is 0. The Labute approximate surface area is 161 Å². The van der Waals surface area contributed by atoms with Crippen molar-refractivity contribution in [3.8, 4) is 0 Å². The fourth-order valence-electron chi connectivity index (χ4n) is 3.99. The molecular weight excluding hydrogens is 358 g/mol. The van der Waals surface area contributed by atoms with E-state index < -0.39 is 10.0 Å². The van der Waals surface area contributed by atoms with Crippen molar-refractivity contribution in [2.24, 2.45) is 0 Å². The molecule has 1 saturated heterocycles. The number of sulfonamides is 1. The molecule has 1 heterocycles. The summed E-state index contributed by atoms with van der Waals surface area (Å²) >= 11 is 0. The van der Waals surface area contributed by atoms with Crippen LogP contribution in [0.2, 0.25) is 0 Å². The summed E-state index contributed by atoms with van der Waals surface area (Å²) in [6.07, 6.45) is 6.53. The van der Waals surface area contributed by atoms with Crippen molar-refractivity contribution < 1.29 is 13.2 Å². The Morgan fingerprint density at radius 2 is 1.78 bits per heavy atom. The van der Waals surface area contributed by atoms with E-state index in [1.807, 2.05) is 61.5 Å². The van der Waals surface area contributed by atoms with Crippen LogP contribution in [0.25, 0.3) is 6.08 Å². The van der Waals surface area contributed by atoms with E-state index in [0.29, 0.717) is 11.4 Å². The quantitative estimate of drug-likeness (QED) is 0.801. The Morgan fingerprint density at radius 3 is 2.52 bits per heavy atom. The predicted molar refractivity (Wildman–Crippen MR) is 107 cm³/mol. The lowest BCUT2D eigenvalue weighted by Gasteiger charge is -2.40. The minimum absolute atomic E-state index is 0.0237. The average molecular weight is 384 g/mol. The van der Waals surface area contributed by atoms with E-state index in [4.69, 9.17) is 4.74 Å². The van der Waals surface area contributed by atoms with E-state index in [1.54, 1.807) is 16.4 Å². The van der Waals surface area contributed by atoms with E-state index in [-0.39, 0.29) is 18.2 Å². The first-order valence-electron chi connectivity index (χ1n) is 9.51. The maximum Gasteiger partial charge on any atom is 0.243 e. The minimum Gasteiger partial charge on any atom is -0.368 e. The molecule has 1 aliphatic carbocycles. The molecule has 1 aliphatic heterocycles. The monoisotopic (exact) mass is 383 g/mol. The van der Waals surface area contributed by atoms with Gasteiger partial charge in [0.25, 0.3) is 0 Å². The van der Waals surface area contributed by atoms with Crippen LogP contribution in [-0.4, -0.2) is 37.5 Å². The van der Waals surface area contributed by atoms with Gasteiger partial charge in [-0.25, -0.2) is 8.42 Å². The van der Waals surface area contributed by atoms with Gasteiger partial charge in [0.05, 0.1) is 23.1 Å². The highest BCUT2D eigenvalue weighted by Gasteiger charge is 2.44. The van der Waals surface area contributed by atoms with Gasteiger partial charge in [-0.05, 0) is 43.9 Å². The van der Waals surface area contributed by atoms with Gasteiger partial charge in [-0.15, -0.1) is 0 Å². The fourth-order valence-corrected chi connectivity index (χ4v) is 5.68. The van der Waals surface area contributed by atoms with Crippen LogP contribution in [0.3, 0.4) is 0 Å². The molecule has 27 heavy (non-hydrogen) atoms. The highest BCUT2D eigenvalue weighted by molar-refractivity contribution is 7.89. The van der Waals surface area contributed by atoms with Gasteiger partial charge in [0.1, 0.15) is 0 Å². The van der Waals surface area contributed by atoms with Crippen LogP contribution in [0.5, 0.6) is 0 Å². The molecule has 0 N–H and O–H groups in total. The minimum atomic E-state index is -3.53. The molecule has 4 rings (SSSR count).